The van der Waals surface area contributed by atoms with E-state index in [1.807, 2.05) is 44.2 Å². The Balaban J connectivity index is 1.86. The molecule has 1 heterocycles. The number of carbonyl (C=O) groups is 4. The number of rotatable bonds is 13. The first kappa shape index (κ1) is 28.3. The molecule has 0 aliphatic carbocycles. The summed E-state index contributed by atoms with van der Waals surface area (Å²) in [5, 5.41) is 7.84. The van der Waals surface area contributed by atoms with Crippen molar-refractivity contribution in [3.05, 3.63) is 35.9 Å². The van der Waals surface area contributed by atoms with Gasteiger partial charge in [0.15, 0.2) is 0 Å². The summed E-state index contributed by atoms with van der Waals surface area (Å²) in [6, 6.07) is 7.32. The molecule has 1 aromatic carbocycles. The average molecular weight is 491 g/mol. The van der Waals surface area contributed by atoms with Gasteiger partial charge in [0.1, 0.15) is 12.6 Å². The molecule has 1 unspecified atom stereocenters. The van der Waals surface area contributed by atoms with Crippen LogP contribution in [0.5, 0.6) is 0 Å². The molecule has 0 bridgehead atoms. The second kappa shape index (κ2) is 15.1. The summed E-state index contributed by atoms with van der Waals surface area (Å²) < 4.78 is 10.5. The van der Waals surface area contributed by atoms with Crippen molar-refractivity contribution in [1.82, 2.24) is 20.9 Å². The SMILES string of the molecule is CCC(NC(=O)[C@H](CC(C)C)NC(=O)OCc1ccccc1)C(=O)C(=O)NCCN1CCOCC1. The minimum absolute atomic E-state index is 0.0728. The summed E-state index contributed by atoms with van der Waals surface area (Å²) in [5.74, 6) is -1.88. The van der Waals surface area contributed by atoms with Crippen LogP contribution in [0.25, 0.3) is 0 Å². The van der Waals surface area contributed by atoms with E-state index in [9.17, 15) is 19.2 Å². The number of carbonyl (C=O) groups excluding carboxylic acids is 4. The van der Waals surface area contributed by atoms with Crippen molar-refractivity contribution in [2.75, 3.05) is 39.4 Å². The number of hydrogen-bond acceptors (Lipinski definition) is 7. The third-order valence-corrected chi connectivity index (χ3v) is 5.61. The van der Waals surface area contributed by atoms with Crippen LogP contribution >= 0.6 is 0 Å². The van der Waals surface area contributed by atoms with Crippen LogP contribution in [0.4, 0.5) is 4.79 Å². The second-order valence-electron chi connectivity index (χ2n) is 8.93. The summed E-state index contributed by atoms with van der Waals surface area (Å²) in [4.78, 5) is 52.4. The maximum absolute atomic E-state index is 12.9. The lowest BCUT2D eigenvalue weighted by Crippen LogP contribution is -2.54. The van der Waals surface area contributed by atoms with Crippen LogP contribution in [-0.4, -0.2) is 80.1 Å². The molecule has 35 heavy (non-hydrogen) atoms. The Kier molecular flexibility index (Phi) is 12.2. The van der Waals surface area contributed by atoms with Gasteiger partial charge in [-0.15, -0.1) is 0 Å². The third-order valence-electron chi connectivity index (χ3n) is 5.61. The molecule has 0 saturated carbocycles. The van der Waals surface area contributed by atoms with Gasteiger partial charge in [0.05, 0.1) is 19.3 Å². The molecule has 0 radical (unpaired) electrons. The van der Waals surface area contributed by atoms with E-state index in [0.717, 1.165) is 18.7 Å². The van der Waals surface area contributed by atoms with Crippen LogP contribution in [0.3, 0.4) is 0 Å². The van der Waals surface area contributed by atoms with E-state index in [-0.39, 0.29) is 18.9 Å². The van der Waals surface area contributed by atoms with E-state index in [1.165, 1.54) is 0 Å². The zero-order valence-corrected chi connectivity index (χ0v) is 20.9. The van der Waals surface area contributed by atoms with Crippen LogP contribution in [-0.2, 0) is 30.5 Å². The lowest BCUT2D eigenvalue weighted by molar-refractivity contribution is -0.140. The molecule has 2 atom stereocenters. The van der Waals surface area contributed by atoms with Gasteiger partial charge in [0.2, 0.25) is 11.7 Å². The van der Waals surface area contributed by atoms with E-state index in [1.54, 1.807) is 6.92 Å². The molecule has 194 valence electrons. The maximum Gasteiger partial charge on any atom is 0.408 e. The lowest BCUT2D eigenvalue weighted by Gasteiger charge is -2.26. The van der Waals surface area contributed by atoms with Gasteiger partial charge in [-0.25, -0.2) is 4.79 Å². The Morgan fingerprint density at radius 3 is 2.34 bits per heavy atom. The summed E-state index contributed by atoms with van der Waals surface area (Å²) in [7, 11) is 0. The van der Waals surface area contributed by atoms with Crippen LogP contribution in [0.15, 0.2) is 30.3 Å². The van der Waals surface area contributed by atoms with Crippen LogP contribution in [0.1, 0.15) is 39.2 Å². The molecule has 1 aromatic rings. The number of Topliss-reactive ketones (excluding diaryl/α,β-unsaturated/α-hetero) is 1. The molecule has 3 N–H and O–H groups in total. The largest absolute Gasteiger partial charge is 0.445 e. The number of amides is 3. The Bertz CT molecular complexity index is 827. The molecule has 1 aliphatic rings. The van der Waals surface area contributed by atoms with Gasteiger partial charge in [-0.05, 0) is 24.3 Å². The normalized spacial score (nSPS) is 15.7. The van der Waals surface area contributed by atoms with Gasteiger partial charge < -0.3 is 25.4 Å². The summed E-state index contributed by atoms with van der Waals surface area (Å²) in [6.07, 6.45) is -0.133. The number of morpholine rings is 1. The minimum atomic E-state index is -0.984. The first-order valence-corrected chi connectivity index (χ1v) is 12.2. The fourth-order valence-corrected chi connectivity index (χ4v) is 3.63. The molecule has 1 saturated heterocycles. The predicted octanol–water partition coefficient (Wildman–Crippen LogP) is 1.24. The molecular weight excluding hydrogens is 452 g/mol. The fourth-order valence-electron chi connectivity index (χ4n) is 3.63. The van der Waals surface area contributed by atoms with Crippen molar-refractivity contribution in [3.63, 3.8) is 0 Å². The van der Waals surface area contributed by atoms with E-state index in [4.69, 9.17) is 9.47 Å². The topological polar surface area (TPSA) is 126 Å². The summed E-state index contributed by atoms with van der Waals surface area (Å²) >= 11 is 0. The van der Waals surface area contributed by atoms with Gasteiger partial charge in [0.25, 0.3) is 5.91 Å². The quantitative estimate of drug-likeness (QED) is 0.355. The van der Waals surface area contributed by atoms with E-state index in [2.05, 4.69) is 20.9 Å². The highest BCUT2D eigenvalue weighted by atomic mass is 16.5. The highest BCUT2D eigenvalue weighted by Crippen LogP contribution is 2.08. The van der Waals surface area contributed by atoms with Crippen molar-refractivity contribution in [2.24, 2.45) is 5.92 Å². The van der Waals surface area contributed by atoms with Crippen molar-refractivity contribution in [2.45, 2.75) is 52.3 Å². The Morgan fingerprint density at radius 2 is 1.71 bits per heavy atom. The third kappa shape index (κ3) is 10.4. The monoisotopic (exact) mass is 490 g/mol. The fraction of sp³-hybridized carbons (Fsp3) is 0.600. The molecule has 10 nitrogen and oxygen atoms in total. The van der Waals surface area contributed by atoms with Crippen LogP contribution in [0.2, 0.25) is 0 Å². The number of hydrogen-bond donors (Lipinski definition) is 3. The van der Waals surface area contributed by atoms with Gasteiger partial charge in [-0.3, -0.25) is 19.3 Å². The van der Waals surface area contributed by atoms with E-state index >= 15 is 0 Å². The van der Waals surface area contributed by atoms with E-state index in [0.29, 0.717) is 32.7 Å². The highest BCUT2D eigenvalue weighted by molar-refractivity contribution is 6.38. The molecule has 1 fully saturated rings. The molecule has 1 aliphatic heterocycles. The zero-order chi connectivity index (χ0) is 25.6. The van der Waals surface area contributed by atoms with Crippen LogP contribution < -0.4 is 16.0 Å². The second-order valence-corrected chi connectivity index (χ2v) is 8.93. The van der Waals surface area contributed by atoms with Crippen molar-refractivity contribution in [3.8, 4) is 0 Å². The first-order valence-electron chi connectivity index (χ1n) is 12.2. The Labute approximate surface area is 207 Å². The number of ether oxygens (including phenoxy) is 2. The van der Waals surface area contributed by atoms with Gasteiger partial charge in [0, 0.05) is 26.2 Å². The molecule has 0 aromatic heterocycles. The van der Waals surface area contributed by atoms with Crippen molar-refractivity contribution < 1.29 is 28.7 Å². The van der Waals surface area contributed by atoms with Gasteiger partial charge in [-0.2, -0.15) is 0 Å². The maximum atomic E-state index is 12.9. The smallest absolute Gasteiger partial charge is 0.408 e. The number of benzene rings is 1. The average Bonchev–Trinajstić information content (AvgIpc) is 2.86. The summed E-state index contributed by atoms with van der Waals surface area (Å²) in [6.45, 7) is 9.46. The lowest BCUT2D eigenvalue weighted by atomic mass is 10.0. The molecule has 0 spiro atoms. The minimum Gasteiger partial charge on any atom is -0.445 e. The number of nitrogens with zero attached hydrogens (tertiary/aromatic N) is 1. The molecule has 10 heteroatoms. The zero-order valence-electron chi connectivity index (χ0n) is 20.9. The number of nitrogens with one attached hydrogen (secondary N) is 3. The standard InChI is InChI=1S/C25H38N4O6/c1-4-20(22(30)24(32)26-10-11-29-12-14-34-15-13-29)27-23(31)21(16-18(2)3)28-25(33)35-17-19-8-6-5-7-9-19/h5-9,18,20-21H,4,10-17H2,1-3H3,(H,26,32)(H,27,31)(H,28,33)/t20?,21-/m0/s1. The van der Waals surface area contributed by atoms with Gasteiger partial charge >= 0.3 is 6.09 Å². The van der Waals surface area contributed by atoms with Crippen molar-refractivity contribution >= 4 is 23.7 Å². The Hall–Kier alpha value is -2.98. The van der Waals surface area contributed by atoms with Crippen LogP contribution in [0, 0.1) is 5.92 Å². The first-order chi connectivity index (χ1) is 16.8. The number of ketones is 1. The summed E-state index contributed by atoms with van der Waals surface area (Å²) in [5.41, 5.74) is 0.823. The number of alkyl carbamates (subject to hydrolysis) is 1. The van der Waals surface area contributed by atoms with E-state index < -0.39 is 35.8 Å². The highest BCUT2D eigenvalue weighted by Gasteiger charge is 2.29. The molecule has 2 rings (SSSR count). The molecule has 3 amide bonds. The molecular formula is C25H38N4O6. The predicted molar refractivity (Wildman–Crippen MR) is 131 cm³/mol. The Morgan fingerprint density at radius 1 is 1.03 bits per heavy atom. The van der Waals surface area contributed by atoms with Gasteiger partial charge in [-0.1, -0.05) is 51.1 Å². The van der Waals surface area contributed by atoms with Crippen molar-refractivity contribution in [1.29, 1.82) is 0 Å².